The molecule has 1 aromatic rings. The molecule has 3 aliphatic heterocycles. The van der Waals surface area contributed by atoms with Crippen LogP contribution in [0.3, 0.4) is 0 Å². The van der Waals surface area contributed by atoms with Crippen molar-refractivity contribution in [2.45, 2.75) is 77.9 Å². The zero-order chi connectivity index (χ0) is 24.7. The van der Waals surface area contributed by atoms with Crippen molar-refractivity contribution in [2.75, 3.05) is 13.7 Å². The molecule has 4 fully saturated rings. The number of nitrogens with zero attached hydrogens (tertiary/aromatic N) is 1. The van der Waals surface area contributed by atoms with Crippen molar-refractivity contribution in [3.05, 3.63) is 35.9 Å². The number of aliphatic hydroxyl groups excluding tert-OH is 1. The minimum atomic E-state index is -0.715. The summed E-state index contributed by atoms with van der Waals surface area (Å²) in [4.78, 5) is 42.8. The van der Waals surface area contributed by atoms with Crippen molar-refractivity contribution in [2.24, 2.45) is 11.8 Å². The molecule has 35 heavy (non-hydrogen) atoms. The van der Waals surface area contributed by atoms with Gasteiger partial charge in [0.2, 0.25) is 17.7 Å². The van der Waals surface area contributed by atoms with Crippen LogP contribution in [-0.4, -0.2) is 74.3 Å². The molecule has 5 rings (SSSR count). The van der Waals surface area contributed by atoms with Gasteiger partial charge in [-0.1, -0.05) is 65.5 Å². The van der Waals surface area contributed by atoms with Gasteiger partial charge in [0, 0.05) is 23.2 Å². The smallest absolute Gasteiger partial charge is 0.244 e. The maximum Gasteiger partial charge on any atom is 0.244 e. The predicted molar refractivity (Wildman–Crippen MR) is 139 cm³/mol. The highest BCUT2D eigenvalue weighted by molar-refractivity contribution is 9.09. The third kappa shape index (κ3) is 4.21. The summed E-state index contributed by atoms with van der Waals surface area (Å²) in [6.45, 7) is -0.243. The first kappa shape index (κ1) is 25.1. The molecule has 1 spiro atoms. The quantitative estimate of drug-likeness (QED) is 0.442. The van der Waals surface area contributed by atoms with Gasteiger partial charge in [-0.3, -0.25) is 14.4 Å². The fourth-order valence-electron chi connectivity index (χ4n) is 6.89. The Kier molecular flexibility index (Phi) is 7.21. The highest BCUT2D eigenvalue weighted by Crippen LogP contribution is 2.68. The van der Waals surface area contributed by atoms with Gasteiger partial charge in [-0.05, 0) is 31.2 Å². The lowest BCUT2D eigenvalue weighted by molar-refractivity contribution is -0.142. The van der Waals surface area contributed by atoms with Crippen LogP contribution >= 0.6 is 27.7 Å². The molecule has 1 saturated carbocycles. The number of amides is 3. The molecule has 9 heteroatoms. The molecule has 0 radical (unpaired) electrons. The average Bonchev–Trinajstić information content (AvgIpc) is 3.46. The van der Waals surface area contributed by atoms with Gasteiger partial charge in [0.1, 0.15) is 6.04 Å². The molecule has 4 aliphatic rings. The number of likely N-dealkylation sites (tertiary alicyclic amines) is 1. The van der Waals surface area contributed by atoms with E-state index in [9.17, 15) is 19.5 Å². The molecule has 7 atom stereocenters. The summed E-state index contributed by atoms with van der Waals surface area (Å²) >= 11 is 5.41. The molecular formula is C26H34BrN3O4S. The first-order valence-electron chi connectivity index (χ1n) is 12.7. The van der Waals surface area contributed by atoms with Gasteiger partial charge in [-0.2, -0.15) is 0 Å². The Bertz CT molecular complexity index is 975. The van der Waals surface area contributed by atoms with Gasteiger partial charge >= 0.3 is 0 Å². The second kappa shape index (κ2) is 10.1. The van der Waals surface area contributed by atoms with Crippen LogP contribution in [0.1, 0.15) is 44.1 Å². The first-order valence-corrected chi connectivity index (χ1v) is 14.5. The van der Waals surface area contributed by atoms with Crippen molar-refractivity contribution in [1.29, 1.82) is 0 Å². The molecular weight excluding hydrogens is 530 g/mol. The molecule has 3 amide bonds. The van der Waals surface area contributed by atoms with E-state index in [1.807, 2.05) is 30.3 Å². The summed E-state index contributed by atoms with van der Waals surface area (Å²) in [5.74, 6) is -1.53. The van der Waals surface area contributed by atoms with Crippen LogP contribution in [0.25, 0.3) is 0 Å². The van der Waals surface area contributed by atoms with Gasteiger partial charge in [-0.15, -0.1) is 11.8 Å². The third-order valence-corrected chi connectivity index (χ3v) is 11.6. The summed E-state index contributed by atoms with van der Waals surface area (Å²) in [5.41, 5.74) is 0.999. The summed E-state index contributed by atoms with van der Waals surface area (Å²) < 4.78 is -0.685. The van der Waals surface area contributed by atoms with Gasteiger partial charge in [0.05, 0.1) is 29.2 Å². The third-order valence-electron chi connectivity index (χ3n) is 8.39. The number of rotatable bonds is 7. The minimum Gasteiger partial charge on any atom is -0.394 e. The molecule has 3 saturated heterocycles. The molecule has 190 valence electrons. The van der Waals surface area contributed by atoms with E-state index in [0.29, 0.717) is 12.8 Å². The Morgan fingerprint density at radius 1 is 1.20 bits per heavy atom. The van der Waals surface area contributed by atoms with Gasteiger partial charge in [0.25, 0.3) is 0 Å². The van der Waals surface area contributed by atoms with Crippen molar-refractivity contribution in [3.63, 3.8) is 0 Å². The second-order valence-corrected chi connectivity index (χ2v) is 13.1. The lowest BCUT2D eigenvalue weighted by Gasteiger charge is -2.38. The van der Waals surface area contributed by atoms with Crippen LogP contribution in [0, 0.1) is 11.8 Å². The highest BCUT2D eigenvalue weighted by atomic mass is 79.9. The number of thioether (sulfide) groups is 1. The van der Waals surface area contributed by atoms with Crippen LogP contribution in [-0.2, 0) is 20.8 Å². The van der Waals surface area contributed by atoms with Gasteiger partial charge < -0.3 is 20.6 Å². The Morgan fingerprint density at radius 2 is 1.91 bits per heavy atom. The number of hydrogen-bond acceptors (Lipinski definition) is 5. The Hall–Kier alpha value is -1.58. The van der Waals surface area contributed by atoms with E-state index in [0.717, 1.165) is 31.2 Å². The van der Waals surface area contributed by atoms with Crippen LogP contribution in [0.15, 0.2) is 30.3 Å². The van der Waals surface area contributed by atoms with Crippen LogP contribution < -0.4 is 10.6 Å². The van der Waals surface area contributed by atoms with E-state index in [4.69, 9.17) is 0 Å². The van der Waals surface area contributed by atoms with E-state index in [1.54, 1.807) is 23.7 Å². The number of carbonyl (C=O) groups is 3. The largest absolute Gasteiger partial charge is 0.394 e. The molecule has 0 aromatic heterocycles. The monoisotopic (exact) mass is 563 g/mol. The van der Waals surface area contributed by atoms with E-state index in [1.165, 1.54) is 6.42 Å². The summed E-state index contributed by atoms with van der Waals surface area (Å²) in [7, 11) is 1.60. The Morgan fingerprint density at radius 3 is 2.57 bits per heavy atom. The molecule has 3 heterocycles. The van der Waals surface area contributed by atoms with Crippen LogP contribution in [0.2, 0.25) is 0 Å². The fourth-order valence-corrected chi connectivity index (χ4v) is 10.5. The Balaban J connectivity index is 1.53. The predicted octanol–water partition coefficient (Wildman–Crippen LogP) is 2.25. The molecule has 1 aromatic carbocycles. The number of hydrogen-bond donors (Lipinski definition) is 3. The molecule has 2 bridgehead atoms. The van der Waals surface area contributed by atoms with Crippen LogP contribution in [0.4, 0.5) is 0 Å². The van der Waals surface area contributed by atoms with Gasteiger partial charge in [0.15, 0.2) is 0 Å². The number of carbonyl (C=O) groups excluding carboxylic acids is 3. The summed E-state index contributed by atoms with van der Waals surface area (Å²) in [5, 5.41) is 16.4. The van der Waals surface area contributed by atoms with Crippen LogP contribution in [0.5, 0.6) is 0 Å². The lowest BCUT2D eigenvalue weighted by Crippen LogP contribution is -2.58. The minimum absolute atomic E-state index is 0.0467. The highest BCUT2D eigenvalue weighted by Gasteiger charge is 2.76. The summed E-state index contributed by atoms with van der Waals surface area (Å²) in [6, 6.07) is 8.61. The first-order chi connectivity index (χ1) is 16.9. The maximum atomic E-state index is 14.1. The standard InChI is InChI=1S/C26H34BrN3O4S/c1-28-23(32)19-20-25(34)30(17(14-31)12-15-8-4-2-5-9-15)22(26(20)13-18(27)21(19)35-26)24(33)29-16-10-6-3-7-11-16/h2,4-5,8-9,16-22,31H,3,6-7,10-14H2,1H3,(H,28,32)(H,29,33)/t17-,18?,19-,20+,21-,22?,26?/m1/s1. The second-order valence-electron chi connectivity index (χ2n) is 10.4. The molecule has 3 unspecified atom stereocenters. The van der Waals surface area contributed by atoms with Crippen molar-refractivity contribution in [1.82, 2.24) is 15.5 Å². The number of alkyl halides is 1. The number of halogens is 1. The number of fused-ring (bicyclic) bond motifs is 1. The zero-order valence-electron chi connectivity index (χ0n) is 20.0. The molecule has 7 nitrogen and oxygen atoms in total. The van der Waals surface area contributed by atoms with E-state index < -0.39 is 28.7 Å². The molecule has 1 aliphatic carbocycles. The number of aliphatic hydroxyl groups is 1. The van der Waals surface area contributed by atoms with E-state index >= 15 is 0 Å². The molecule has 3 N–H and O–H groups in total. The lowest BCUT2D eigenvalue weighted by atomic mass is 9.70. The van der Waals surface area contributed by atoms with Gasteiger partial charge in [-0.25, -0.2) is 0 Å². The van der Waals surface area contributed by atoms with Crippen molar-refractivity contribution in [3.8, 4) is 0 Å². The van der Waals surface area contributed by atoms with E-state index in [-0.39, 0.29) is 40.4 Å². The average molecular weight is 565 g/mol. The van der Waals surface area contributed by atoms with E-state index in [2.05, 4.69) is 26.6 Å². The normalized spacial score (nSPS) is 35.1. The number of benzene rings is 1. The zero-order valence-corrected chi connectivity index (χ0v) is 22.4. The fraction of sp³-hybridized carbons (Fsp3) is 0.654. The summed E-state index contributed by atoms with van der Waals surface area (Å²) in [6.07, 6.45) is 6.38. The van der Waals surface area contributed by atoms with Crippen molar-refractivity contribution < 1.29 is 19.5 Å². The van der Waals surface area contributed by atoms with Crippen molar-refractivity contribution >= 4 is 45.4 Å². The Labute approximate surface area is 219 Å². The number of nitrogens with one attached hydrogen (secondary N) is 2. The maximum absolute atomic E-state index is 14.1. The topological polar surface area (TPSA) is 98.7 Å². The SMILES string of the molecule is CNC(=O)[C@H]1[C@@H]2SC3(CC2Br)C(C(=O)NC2CCCCC2)N([C@@H](CO)Cc2ccccc2)C(=O)[C@H]13.